The Hall–Kier alpha value is -1.92. The lowest BCUT2D eigenvalue weighted by Crippen LogP contribution is -2.47. The Morgan fingerprint density at radius 2 is 1.79 bits per heavy atom. The van der Waals surface area contributed by atoms with E-state index in [0.717, 1.165) is 39.1 Å². The molecule has 0 aliphatic carbocycles. The number of nitrogens with one attached hydrogen (secondary N) is 1. The van der Waals surface area contributed by atoms with Crippen LogP contribution >= 0.6 is 0 Å². The summed E-state index contributed by atoms with van der Waals surface area (Å²) in [6.45, 7) is 4.80. The normalized spacial score (nSPS) is 15.6. The molecule has 1 heterocycles. The van der Waals surface area contributed by atoms with E-state index in [1.54, 1.807) is 24.3 Å². The van der Waals surface area contributed by atoms with Crippen LogP contribution in [0.15, 0.2) is 24.3 Å². The SMILES string of the molecule is CN(C)CCCNC(=O)c1cccc(C(=O)N2CCN(C)CC2)c1. The van der Waals surface area contributed by atoms with Gasteiger partial charge in [0.05, 0.1) is 0 Å². The fourth-order valence-electron chi connectivity index (χ4n) is 2.68. The Morgan fingerprint density at radius 1 is 1.12 bits per heavy atom. The molecule has 1 aromatic rings. The second kappa shape index (κ2) is 8.80. The molecule has 0 radical (unpaired) electrons. The smallest absolute Gasteiger partial charge is 0.253 e. The number of hydrogen-bond acceptors (Lipinski definition) is 4. The molecule has 0 aromatic heterocycles. The van der Waals surface area contributed by atoms with Gasteiger partial charge in [0.2, 0.25) is 0 Å². The Bertz CT molecular complexity index is 566. The maximum absolute atomic E-state index is 12.6. The lowest BCUT2D eigenvalue weighted by Gasteiger charge is -2.32. The molecular formula is C18H28N4O2. The number of hydrogen-bond donors (Lipinski definition) is 1. The number of likely N-dealkylation sites (N-methyl/N-ethyl adjacent to an activating group) is 1. The molecule has 1 fully saturated rings. The molecule has 1 saturated heterocycles. The standard InChI is InChI=1S/C18H28N4O2/c1-20(2)9-5-8-19-17(23)15-6-4-7-16(14-15)18(24)22-12-10-21(3)11-13-22/h4,6-7,14H,5,8-13H2,1-3H3,(H,19,23). The van der Waals surface area contributed by atoms with Crippen molar-refractivity contribution in [2.24, 2.45) is 0 Å². The molecule has 1 N–H and O–H groups in total. The number of benzene rings is 1. The van der Waals surface area contributed by atoms with Crippen LogP contribution in [0.25, 0.3) is 0 Å². The first-order valence-corrected chi connectivity index (χ1v) is 8.48. The van der Waals surface area contributed by atoms with E-state index in [0.29, 0.717) is 17.7 Å². The van der Waals surface area contributed by atoms with Crippen molar-refractivity contribution >= 4 is 11.8 Å². The number of carbonyl (C=O) groups excluding carboxylic acids is 2. The van der Waals surface area contributed by atoms with Crippen LogP contribution in [0.4, 0.5) is 0 Å². The molecule has 2 amide bonds. The highest BCUT2D eigenvalue weighted by Gasteiger charge is 2.21. The second-order valence-corrected chi connectivity index (χ2v) is 6.59. The first-order valence-electron chi connectivity index (χ1n) is 8.48. The minimum Gasteiger partial charge on any atom is -0.352 e. The Balaban J connectivity index is 1.93. The fourth-order valence-corrected chi connectivity index (χ4v) is 2.68. The van der Waals surface area contributed by atoms with Gasteiger partial charge in [0.25, 0.3) is 11.8 Å². The van der Waals surface area contributed by atoms with Gasteiger partial charge in [-0.2, -0.15) is 0 Å². The summed E-state index contributed by atoms with van der Waals surface area (Å²) in [5.41, 5.74) is 1.13. The van der Waals surface area contributed by atoms with Crippen molar-refractivity contribution in [1.29, 1.82) is 0 Å². The van der Waals surface area contributed by atoms with Gasteiger partial charge >= 0.3 is 0 Å². The van der Waals surface area contributed by atoms with E-state index < -0.39 is 0 Å². The van der Waals surface area contributed by atoms with E-state index in [2.05, 4.69) is 22.2 Å². The lowest BCUT2D eigenvalue weighted by atomic mass is 10.1. The van der Waals surface area contributed by atoms with E-state index in [1.807, 2.05) is 19.0 Å². The molecule has 0 unspecified atom stereocenters. The molecule has 132 valence electrons. The molecule has 2 rings (SSSR count). The largest absolute Gasteiger partial charge is 0.352 e. The lowest BCUT2D eigenvalue weighted by molar-refractivity contribution is 0.0664. The zero-order chi connectivity index (χ0) is 17.5. The number of amides is 2. The van der Waals surface area contributed by atoms with Crippen molar-refractivity contribution in [3.63, 3.8) is 0 Å². The number of nitrogens with zero attached hydrogens (tertiary/aromatic N) is 3. The summed E-state index contributed by atoms with van der Waals surface area (Å²) in [6, 6.07) is 7.01. The van der Waals surface area contributed by atoms with Crippen LogP contribution in [0.5, 0.6) is 0 Å². The summed E-state index contributed by atoms with van der Waals surface area (Å²) >= 11 is 0. The Morgan fingerprint density at radius 3 is 2.46 bits per heavy atom. The quantitative estimate of drug-likeness (QED) is 0.782. The van der Waals surface area contributed by atoms with Gasteiger partial charge in [-0.25, -0.2) is 0 Å². The van der Waals surface area contributed by atoms with Crippen molar-refractivity contribution in [3.8, 4) is 0 Å². The highest BCUT2D eigenvalue weighted by molar-refractivity contribution is 5.99. The van der Waals surface area contributed by atoms with Gasteiger partial charge in [-0.1, -0.05) is 6.07 Å². The maximum atomic E-state index is 12.6. The first-order chi connectivity index (χ1) is 11.5. The van der Waals surface area contributed by atoms with E-state index >= 15 is 0 Å². The van der Waals surface area contributed by atoms with Crippen molar-refractivity contribution in [1.82, 2.24) is 20.0 Å². The minimum atomic E-state index is -0.123. The van der Waals surface area contributed by atoms with Crippen LogP contribution in [0, 0.1) is 0 Å². The predicted molar refractivity (Wildman–Crippen MR) is 95.3 cm³/mol. The van der Waals surface area contributed by atoms with Crippen LogP contribution in [0.1, 0.15) is 27.1 Å². The van der Waals surface area contributed by atoms with Gasteiger partial charge in [0, 0.05) is 43.9 Å². The van der Waals surface area contributed by atoms with Crippen LogP contribution in [0.2, 0.25) is 0 Å². The predicted octanol–water partition coefficient (Wildman–Crippen LogP) is 0.756. The summed E-state index contributed by atoms with van der Waals surface area (Å²) in [7, 11) is 6.08. The van der Waals surface area contributed by atoms with Crippen LogP contribution in [-0.2, 0) is 0 Å². The summed E-state index contributed by atoms with van der Waals surface area (Å²) in [5.74, 6) is -0.118. The van der Waals surface area contributed by atoms with Gasteiger partial charge in [-0.3, -0.25) is 9.59 Å². The average molecular weight is 332 g/mol. The van der Waals surface area contributed by atoms with Gasteiger partial charge < -0.3 is 20.0 Å². The topological polar surface area (TPSA) is 55.9 Å². The molecule has 0 bridgehead atoms. The van der Waals surface area contributed by atoms with E-state index in [4.69, 9.17) is 0 Å². The Labute approximate surface area is 144 Å². The second-order valence-electron chi connectivity index (χ2n) is 6.59. The zero-order valence-corrected chi connectivity index (χ0v) is 14.9. The molecule has 0 spiro atoms. The number of rotatable bonds is 6. The van der Waals surface area contributed by atoms with Crippen LogP contribution in [0.3, 0.4) is 0 Å². The van der Waals surface area contributed by atoms with Crippen molar-refractivity contribution in [3.05, 3.63) is 35.4 Å². The molecule has 1 aromatic carbocycles. The molecule has 24 heavy (non-hydrogen) atoms. The van der Waals surface area contributed by atoms with E-state index in [-0.39, 0.29) is 11.8 Å². The van der Waals surface area contributed by atoms with Crippen LogP contribution < -0.4 is 5.32 Å². The van der Waals surface area contributed by atoms with Crippen molar-refractivity contribution in [2.75, 3.05) is 60.4 Å². The average Bonchev–Trinajstić information content (AvgIpc) is 2.58. The van der Waals surface area contributed by atoms with E-state index in [1.165, 1.54) is 0 Å². The maximum Gasteiger partial charge on any atom is 0.253 e. The summed E-state index contributed by atoms with van der Waals surface area (Å²) in [5, 5.41) is 2.91. The van der Waals surface area contributed by atoms with Crippen molar-refractivity contribution in [2.45, 2.75) is 6.42 Å². The number of carbonyl (C=O) groups is 2. The molecule has 1 aliphatic heterocycles. The summed E-state index contributed by atoms with van der Waals surface area (Å²) in [6.07, 6.45) is 0.901. The molecule has 1 aliphatic rings. The Kier molecular flexibility index (Phi) is 6.75. The third kappa shape index (κ3) is 5.32. The highest BCUT2D eigenvalue weighted by Crippen LogP contribution is 2.11. The fraction of sp³-hybridized carbons (Fsp3) is 0.556. The van der Waals surface area contributed by atoms with Gasteiger partial charge in [0.1, 0.15) is 0 Å². The molecule has 0 saturated carbocycles. The van der Waals surface area contributed by atoms with Gasteiger partial charge in [-0.05, 0) is 52.3 Å². The zero-order valence-electron chi connectivity index (χ0n) is 14.9. The highest BCUT2D eigenvalue weighted by atomic mass is 16.2. The minimum absolute atomic E-state index is 0.00496. The third-order valence-corrected chi connectivity index (χ3v) is 4.23. The van der Waals surface area contributed by atoms with E-state index in [9.17, 15) is 9.59 Å². The monoisotopic (exact) mass is 332 g/mol. The molecule has 6 nitrogen and oxygen atoms in total. The summed E-state index contributed by atoms with van der Waals surface area (Å²) in [4.78, 5) is 31.0. The van der Waals surface area contributed by atoms with Gasteiger partial charge in [0.15, 0.2) is 0 Å². The van der Waals surface area contributed by atoms with Crippen molar-refractivity contribution < 1.29 is 9.59 Å². The molecule has 0 atom stereocenters. The first kappa shape index (κ1) is 18.4. The van der Waals surface area contributed by atoms with Gasteiger partial charge in [-0.15, -0.1) is 0 Å². The summed E-state index contributed by atoms with van der Waals surface area (Å²) < 4.78 is 0. The third-order valence-electron chi connectivity index (χ3n) is 4.23. The molecular weight excluding hydrogens is 304 g/mol. The molecule has 6 heteroatoms. The van der Waals surface area contributed by atoms with Crippen LogP contribution in [-0.4, -0.2) is 86.9 Å². The number of piperazine rings is 1.